The van der Waals surface area contributed by atoms with Crippen molar-refractivity contribution in [1.82, 2.24) is 5.32 Å². The third kappa shape index (κ3) is 3.71. The first kappa shape index (κ1) is 14.8. The second-order valence-electron chi connectivity index (χ2n) is 6.26. The summed E-state index contributed by atoms with van der Waals surface area (Å²) in [6.45, 7) is 9.90. The van der Waals surface area contributed by atoms with Gasteiger partial charge in [0.1, 0.15) is 0 Å². The van der Waals surface area contributed by atoms with Gasteiger partial charge in [-0.25, -0.2) is 0 Å². The molecule has 0 amide bonds. The van der Waals surface area contributed by atoms with Gasteiger partial charge in [0, 0.05) is 18.0 Å². The van der Waals surface area contributed by atoms with Gasteiger partial charge in [-0.05, 0) is 25.0 Å². The van der Waals surface area contributed by atoms with E-state index in [1.165, 1.54) is 16.7 Å². The number of aryl methyl sites for hydroxylation is 1. The van der Waals surface area contributed by atoms with E-state index >= 15 is 0 Å². The van der Waals surface area contributed by atoms with E-state index in [0.29, 0.717) is 6.04 Å². The third-order valence-corrected chi connectivity index (χ3v) is 3.98. The minimum absolute atomic E-state index is 0.139. The lowest BCUT2D eigenvalue weighted by molar-refractivity contribution is 0.435. The van der Waals surface area contributed by atoms with E-state index in [0.717, 1.165) is 6.54 Å². The van der Waals surface area contributed by atoms with Crippen molar-refractivity contribution in [1.29, 1.82) is 0 Å². The first-order chi connectivity index (χ1) is 9.49. The minimum atomic E-state index is 0.139. The lowest BCUT2D eigenvalue weighted by Gasteiger charge is -2.28. The first-order valence-corrected chi connectivity index (χ1v) is 7.34. The van der Waals surface area contributed by atoms with E-state index in [9.17, 15) is 0 Å². The van der Waals surface area contributed by atoms with Gasteiger partial charge in [-0.3, -0.25) is 0 Å². The van der Waals surface area contributed by atoms with E-state index in [1.54, 1.807) is 0 Å². The van der Waals surface area contributed by atoms with E-state index in [2.05, 4.69) is 87.6 Å². The summed E-state index contributed by atoms with van der Waals surface area (Å²) in [4.78, 5) is 0. The molecule has 2 aromatic rings. The Hall–Kier alpha value is -1.60. The average Bonchev–Trinajstić information content (AvgIpc) is 2.46. The van der Waals surface area contributed by atoms with Crippen LogP contribution in [0.2, 0.25) is 0 Å². The predicted octanol–water partition coefficient (Wildman–Crippen LogP) is 4.62. The van der Waals surface area contributed by atoms with Gasteiger partial charge in [-0.2, -0.15) is 0 Å². The summed E-state index contributed by atoms with van der Waals surface area (Å²) < 4.78 is 0. The topological polar surface area (TPSA) is 12.0 Å². The zero-order valence-corrected chi connectivity index (χ0v) is 13.0. The maximum absolute atomic E-state index is 3.66. The molecule has 0 radical (unpaired) electrons. The molecule has 106 valence electrons. The fourth-order valence-corrected chi connectivity index (χ4v) is 2.37. The Balaban J connectivity index is 1.99. The van der Waals surface area contributed by atoms with Crippen LogP contribution in [0.5, 0.6) is 0 Å². The molecule has 0 aliphatic heterocycles. The minimum Gasteiger partial charge on any atom is -0.309 e. The lowest BCUT2D eigenvalue weighted by Crippen LogP contribution is -2.34. The molecular weight excluding hydrogens is 242 g/mol. The quantitative estimate of drug-likeness (QED) is 0.833. The van der Waals surface area contributed by atoms with Crippen molar-refractivity contribution in [2.45, 2.75) is 39.2 Å². The summed E-state index contributed by atoms with van der Waals surface area (Å²) in [5.41, 5.74) is 4.17. The van der Waals surface area contributed by atoms with Gasteiger partial charge in [0.05, 0.1) is 0 Å². The third-order valence-electron chi connectivity index (χ3n) is 3.98. The van der Waals surface area contributed by atoms with Crippen LogP contribution in [0.1, 0.15) is 43.5 Å². The molecule has 1 unspecified atom stereocenters. The van der Waals surface area contributed by atoms with Crippen LogP contribution in [0.15, 0.2) is 54.6 Å². The van der Waals surface area contributed by atoms with Crippen LogP contribution in [0, 0.1) is 6.92 Å². The molecule has 2 rings (SSSR count). The molecule has 0 spiro atoms. The first-order valence-electron chi connectivity index (χ1n) is 7.34. The highest BCUT2D eigenvalue weighted by Crippen LogP contribution is 2.23. The SMILES string of the molecule is Cc1ccc(C(C)NCC(C)(C)c2ccccc2)cc1. The van der Waals surface area contributed by atoms with Crippen molar-refractivity contribution in [3.8, 4) is 0 Å². The maximum atomic E-state index is 3.66. The van der Waals surface area contributed by atoms with Crippen molar-refractivity contribution < 1.29 is 0 Å². The summed E-state index contributed by atoms with van der Waals surface area (Å²) in [5, 5.41) is 3.66. The van der Waals surface area contributed by atoms with Crippen LogP contribution in [-0.4, -0.2) is 6.54 Å². The second kappa shape index (κ2) is 6.23. The number of hydrogen-bond acceptors (Lipinski definition) is 1. The summed E-state index contributed by atoms with van der Waals surface area (Å²) >= 11 is 0. The van der Waals surface area contributed by atoms with Crippen LogP contribution in [0.25, 0.3) is 0 Å². The molecule has 1 atom stereocenters. The number of rotatable bonds is 5. The van der Waals surface area contributed by atoms with Crippen LogP contribution in [-0.2, 0) is 5.41 Å². The summed E-state index contributed by atoms with van der Waals surface area (Å²) in [6, 6.07) is 19.9. The zero-order chi connectivity index (χ0) is 14.6. The van der Waals surface area contributed by atoms with Gasteiger partial charge < -0.3 is 5.32 Å². The molecule has 0 saturated carbocycles. The Morgan fingerprint density at radius 2 is 1.55 bits per heavy atom. The molecule has 0 heterocycles. The zero-order valence-electron chi connectivity index (χ0n) is 13.0. The fourth-order valence-electron chi connectivity index (χ4n) is 2.37. The van der Waals surface area contributed by atoms with Gasteiger partial charge >= 0.3 is 0 Å². The monoisotopic (exact) mass is 267 g/mol. The molecule has 0 saturated heterocycles. The molecule has 1 heteroatoms. The molecule has 0 bridgehead atoms. The highest BCUT2D eigenvalue weighted by Gasteiger charge is 2.20. The highest BCUT2D eigenvalue weighted by atomic mass is 14.9. The standard InChI is InChI=1S/C19H25N/c1-15-10-12-17(13-11-15)16(2)20-14-19(3,4)18-8-6-5-7-9-18/h5-13,16,20H,14H2,1-4H3. The van der Waals surface area contributed by atoms with Gasteiger partial charge in [-0.15, -0.1) is 0 Å². The van der Waals surface area contributed by atoms with E-state index in [-0.39, 0.29) is 5.41 Å². The predicted molar refractivity (Wildman–Crippen MR) is 87.1 cm³/mol. The van der Waals surface area contributed by atoms with Crippen molar-refractivity contribution in [2.75, 3.05) is 6.54 Å². The molecule has 1 nitrogen and oxygen atoms in total. The molecule has 20 heavy (non-hydrogen) atoms. The maximum Gasteiger partial charge on any atom is 0.0292 e. The van der Waals surface area contributed by atoms with Gasteiger partial charge in [0.25, 0.3) is 0 Å². The lowest BCUT2D eigenvalue weighted by atomic mass is 9.84. The number of nitrogens with one attached hydrogen (secondary N) is 1. The number of hydrogen-bond donors (Lipinski definition) is 1. The average molecular weight is 267 g/mol. The van der Waals surface area contributed by atoms with Gasteiger partial charge in [0.15, 0.2) is 0 Å². The van der Waals surface area contributed by atoms with Crippen LogP contribution in [0.4, 0.5) is 0 Å². The van der Waals surface area contributed by atoms with Crippen LogP contribution >= 0.6 is 0 Å². The molecule has 0 fully saturated rings. The fraction of sp³-hybridized carbons (Fsp3) is 0.368. The van der Waals surface area contributed by atoms with Gasteiger partial charge in [0.2, 0.25) is 0 Å². The summed E-state index contributed by atoms with van der Waals surface area (Å²) in [6.07, 6.45) is 0. The normalized spacial score (nSPS) is 13.2. The van der Waals surface area contributed by atoms with Crippen molar-refractivity contribution in [3.05, 3.63) is 71.3 Å². The molecule has 0 aliphatic carbocycles. The Morgan fingerprint density at radius 1 is 0.950 bits per heavy atom. The van der Waals surface area contributed by atoms with E-state index < -0.39 is 0 Å². The highest BCUT2D eigenvalue weighted by molar-refractivity contribution is 5.26. The summed E-state index contributed by atoms with van der Waals surface area (Å²) in [7, 11) is 0. The van der Waals surface area contributed by atoms with Crippen molar-refractivity contribution in [2.24, 2.45) is 0 Å². The van der Waals surface area contributed by atoms with Crippen LogP contribution in [0.3, 0.4) is 0 Å². The van der Waals surface area contributed by atoms with E-state index in [4.69, 9.17) is 0 Å². The van der Waals surface area contributed by atoms with Crippen molar-refractivity contribution >= 4 is 0 Å². The van der Waals surface area contributed by atoms with Crippen LogP contribution < -0.4 is 5.32 Å². The van der Waals surface area contributed by atoms with Crippen molar-refractivity contribution in [3.63, 3.8) is 0 Å². The Labute approximate surface area is 123 Å². The number of benzene rings is 2. The largest absolute Gasteiger partial charge is 0.309 e. The molecule has 1 N–H and O–H groups in total. The van der Waals surface area contributed by atoms with Gasteiger partial charge in [-0.1, -0.05) is 74.0 Å². The second-order valence-corrected chi connectivity index (χ2v) is 6.26. The molecule has 0 aliphatic rings. The Morgan fingerprint density at radius 3 is 2.15 bits per heavy atom. The summed E-state index contributed by atoms with van der Waals surface area (Å²) in [5.74, 6) is 0. The Kier molecular flexibility index (Phi) is 4.61. The van der Waals surface area contributed by atoms with E-state index in [1.807, 2.05) is 0 Å². The molecule has 0 aromatic heterocycles. The molecule has 2 aromatic carbocycles. The smallest absolute Gasteiger partial charge is 0.0292 e. The molecular formula is C19H25N. The Bertz CT molecular complexity index is 525.